The van der Waals surface area contributed by atoms with E-state index in [9.17, 15) is 24.3 Å². The number of phosphoric ester groups is 1. The van der Waals surface area contributed by atoms with Crippen LogP contribution in [0.15, 0.2) is 60.4 Å². The van der Waals surface area contributed by atoms with Crippen molar-refractivity contribution in [3.8, 4) is 6.07 Å². The molecule has 4 aromatic heterocycles. The second-order valence-electron chi connectivity index (χ2n) is 15.9. The first kappa shape index (κ1) is 41.7. The zero-order valence-corrected chi connectivity index (χ0v) is 35.6. The molecule has 4 aliphatic rings. The predicted molar refractivity (Wildman–Crippen MR) is 210 cm³/mol. The average molecular weight is 901 g/mol. The van der Waals surface area contributed by atoms with Gasteiger partial charge in [0.1, 0.15) is 35.9 Å². The van der Waals surface area contributed by atoms with Gasteiger partial charge in [0.2, 0.25) is 0 Å². The van der Waals surface area contributed by atoms with Gasteiger partial charge in [-0.25, -0.2) is 33.9 Å². The molecule has 5 aromatic rings. The summed E-state index contributed by atoms with van der Waals surface area (Å²) in [7, 11) is -13.6. The lowest BCUT2D eigenvalue weighted by molar-refractivity contribution is -0.132. The van der Waals surface area contributed by atoms with Crippen molar-refractivity contribution in [2.45, 2.75) is 86.6 Å². The lowest BCUT2D eigenvalue weighted by Gasteiger charge is -2.55. The number of nitriles is 1. The van der Waals surface area contributed by atoms with E-state index in [0.29, 0.717) is 5.56 Å². The third-order valence-corrected chi connectivity index (χ3v) is 19.8. The van der Waals surface area contributed by atoms with Crippen LogP contribution >= 0.6 is 15.4 Å². The van der Waals surface area contributed by atoms with E-state index in [4.69, 9.17) is 32.0 Å². The highest BCUT2D eigenvalue weighted by atomic mass is 31.2. The van der Waals surface area contributed by atoms with Crippen LogP contribution in [-0.2, 0) is 41.1 Å². The molecule has 322 valence electrons. The van der Waals surface area contributed by atoms with Crippen LogP contribution in [0.25, 0.3) is 22.3 Å². The molecule has 10 atom stereocenters. The van der Waals surface area contributed by atoms with Gasteiger partial charge in [-0.15, -0.1) is 0 Å². The number of hydrogen-bond acceptors (Lipinski definition) is 17. The van der Waals surface area contributed by atoms with Gasteiger partial charge in [-0.2, -0.15) is 5.26 Å². The quantitative estimate of drug-likeness (QED) is 0.118. The zero-order chi connectivity index (χ0) is 43.1. The van der Waals surface area contributed by atoms with Crippen LogP contribution in [0, 0.1) is 11.3 Å². The molecule has 4 fully saturated rings. The standard InChI is InChI=1S/C35H39FN10O12P2Si/c1-34(2)35-14-54-60(50,51)57-25-24(58-61(34,3)4)20(55-33(25)46-17-42-22-27(38-15-39-28(22)46)44-30(47)19-9-6-5-7-10-19)13-53-59(49,52-12-8-11-37)26(35)21(36)32(56-35)45-18-43-23-29(45)40-16-41-31(23)48/h5-7,9-10,15-18,20-21,24-26,32-33H,8,12-14H2,1-4H3,(H,50,51)(H,40,41,48)(H,38,39,44,47)/t20?,21-,24-,25-,26+,32?,33?,35?,59?/m1/s1. The Kier molecular flexibility index (Phi) is 10.3. The number of carbonyl (C=O) groups excluding carboxylic acids is 1. The van der Waals surface area contributed by atoms with Crippen LogP contribution in [0.3, 0.4) is 0 Å². The summed E-state index contributed by atoms with van der Waals surface area (Å²) in [6.45, 7) is 5.05. The van der Waals surface area contributed by atoms with Crippen molar-refractivity contribution < 1.29 is 55.2 Å². The lowest BCUT2D eigenvalue weighted by Crippen LogP contribution is -2.65. The number of phosphoric acid groups is 1. The number of benzene rings is 1. The Morgan fingerprint density at radius 3 is 2.54 bits per heavy atom. The van der Waals surface area contributed by atoms with Gasteiger partial charge in [-0.05, 0) is 25.2 Å². The highest BCUT2D eigenvalue weighted by Gasteiger charge is 2.75. The van der Waals surface area contributed by atoms with E-state index in [1.165, 1.54) is 17.2 Å². The fourth-order valence-corrected chi connectivity index (χ4v) is 14.6. The Morgan fingerprint density at radius 2 is 1.79 bits per heavy atom. The SMILES string of the molecule is CC1(C)C23COP(=O)(O)O[C@H]4C(n5cnc6c(NC(=O)c7ccccc7)ncnc65)OC(COP(=O)(OCCC#N)[C@H]2[C@@H](F)C(n2cnc5c(=O)[nH]cnc52)O3)[C@H]4O[Si]1(C)C. The van der Waals surface area contributed by atoms with Crippen molar-refractivity contribution in [1.29, 1.82) is 5.26 Å². The molecular weight excluding hydrogens is 861 g/mol. The molecule has 6 unspecified atom stereocenters. The molecule has 0 aliphatic carbocycles. The van der Waals surface area contributed by atoms with E-state index in [2.05, 4.69) is 35.2 Å². The van der Waals surface area contributed by atoms with E-state index < -0.39 is 108 Å². The first-order chi connectivity index (χ1) is 29.0. The number of halogens is 1. The minimum absolute atomic E-state index is 0.0603. The van der Waals surface area contributed by atoms with Crippen LogP contribution in [0.5, 0.6) is 0 Å². The number of nitrogens with zero attached hydrogens (tertiary/aromatic N) is 8. The van der Waals surface area contributed by atoms with Crippen molar-refractivity contribution in [2.75, 3.05) is 25.1 Å². The van der Waals surface area contributed by atoms with Gasteiger partial charge < -0.3 is 38.1 Å². The molecule has 22 nitrogen and oxygen atoms in total. The van der Waals surface area contributed by atoms with Gasteiger partial charge in [0.15, 0.2) is 55.1 Å². The summed E-state index contributed by atoms with van der Waals surface area (Å²) in [6, 6.07) is 10.3. The topological polar surface area (TPSA) is 279 Å². The Bertz CT molecular complexity index is 2730. The minimum Gasteiger partial charge on any atom is -0.408 e. The molecule has 8 heterocycles. The highest BCUT2D eigenvalue weighted by molar-refractivity contribution is 7.55. The molecule has 4 aliphatic heterocycles. The van der Waals surface area contributed by atoms with Gasteiger partial charge in [0, 0.05) is 10.6 Å². The lowest BCUT2D eigenvalue weighted by atomic mass is 9.86. The fourth-order valence-electron chi connectivity index (χ4n) is 8.44. The number of amides is 1. The van der Waals surface area contributed by atoms with Crippen LogP contribution < -0.4 is 10.9 Å². The Morgan fingerprint density at radius 1 is 1.07 bits per heavy atom. The van der Waals surface area contributed by atoms with Gasteiger partial charge in [-0.1, -0.05) is 32.0 Å². The molecule has 9 rings (SSSR count). The predicted octanol–water partition coefficient (Wildman–Crippen LogP) is 4.12. The van der Waals surface area contributed by atoms with E-state index in [0.717, 1.165) is 17.2 Å². The maximum absolute atomic E-state index is 17.8. The molecule has 0 saturated carbocycles. The molecule has 61 heavy (non-hydrogen) atoms. The van der Waals surface area contributed by atoms with Crippen LogP contribution in [0.2, 0.25) is 18.1 Å². The second-order valence-corrected chi connectivity index (χ2v) is 23.9. The van der Waals surface area contributed by atoms with Gasteiger partial charge in [-0.3, -0.25) is 32.3 Å². The first-order valence-corrected chi connectivity index (χ1v) is 25.0. The maximum atomic E-state index is 17.8. The van der Waals surface area contributed by atoms with Crippen molar-refractivity contribution in [3.63, 3.8) is 0 Å². The highest BCUT2D eigenvalue weighted by Crippen LogP contribution is 2.72. The minimum atomic E-state index is -5.23. The van der Waals surface area contributed by atoms with Gasteiger partial charge >= 0.3 is 15.4 Å². The first-order valence-electron chi connectivity index (χ1n) is 19.0. The molecule has 1 amide bonds. The number of nitrogens with one attached hydrogen (secondary N) is 2. The number of ether oxygens (including phenoxy) is 2. The number of anilines is 1. The summed E-state index contributed by atoms with van der Waals surface area (Å²) in [4.78, 5) is 61.0. The number of alkyl halides is 1. The molecule has 3 N–H and O–H groups in total. The monoisotopic (exact) mass is 900 g/mol. The van der Waals surface area contributed by atoms with Crippen LogP contribution in [-0.4, -0.2) is 114 Å². The number of imidazole rings is 2. The number of aromatic amines is 1. The second kappa shape index (κ2) is 15.0. The number of aromatic nitrogens is 8. The zero-order valence-electron chi connectivity index (χ0n) is 32.9. The number of rotatable bonds is 7. The number of carbonyl (C=O) groups is 1. The molecule has 4 saturated heterocycles. The molecule has 26 heteroatoms. The number of hydrogen-bond donors (Lipinski definition) is 3. The third kappa shape index (κ3) is 6.70. The normalized spacial score (nSPS) is 34.3. The summed E-state index contributed by atoms with van der Waals surface area (Å²) in [6.07, 6.45) is -4.84. The Hall–Kier alpha value is -4.63. The fraction of sp³-hybridized carbons (Fsp3) is 0.486. The molecule has 1 spiro atoms. The Labute approximate surface area is 346 Å². The smallest absolute Gasteiger partial charge is 0.408 e. The average Bonchev–Trinajstić information content (AvgIpc) is 4.00. The van der Waals surface area contributed by atoms with E-state index in [1.54, 1.807) is 44.2 Å². The summed E-state index contributed by atoms with van der Waals surface area (Å²) < 4.78 is 94.4. The van der Waals surface area contributed by atoms with E-state index in [-0.39, 0.29) is 34.6 Å². The van der Waals surface area contributed by atoms with E-state index >= 15 is 8.96 Å². The summed E-state index contributed by atoms with van der Waals surface area (Å²) >= 11 is 0. The van der Waals surface area contributed by atoms with Crippen molar-refractivity contribution in [1.82, 2.24) is 39.0 Å². The summed E-state index contributed by atoms with van der Waals surface area (Å²) in [5.74, 6) is -0.405. The van der Waals surface area contributed by atoms with E-state index in [1.807, 2.05) is 19.2 Å². The molecule has 2 bridgehead atoms. The Balaban J connectivity index is 1.16. The van der Waals surface area contributed by atoms with Gasteiger partial charge in [0.25, 0.3) is 11.5 Å². The van der Waals surface area contributed by atoms with Gasteiger partial charge in [0.05, 0.1) is 51.3 Å². The largest absolute Gasteiger partial charge is 0.472 e. The molecule has 1 aromatic carbocycles. The molecule has 0 radical (unpaired) electrons. The number of fused-ring (bicyclic) bond motifs is 4. The summed E-state index contributed by atoms with van der Waals surface area (Å²) in [5, 5.41) is 10.7. The van der Waals surface area contributed by atoms with Crippen LogP contribution in [0.4, 0.5) is 10.2 Å². The maximum Gasteiger partial charge on any atom is 0.472 e. The summed E-state index contributed by atoms with van der Waals surface area (Å²) in [5.41, 5.74) is -4.28. The molecular formula is C35H39FN10O12P2Si. The third-order valence-electron chi connectivity index (χ3n) is 12.1. The van der Waals surface area contributed by atoms with Crippen LogP contribution in [0.1, 0.15) is 43.1 Å². The number of H-pyrrole nitrogens is 1. The van der Waals surface area contributed by atoms with Crippen molar-refractivity contribution in [3.05, 3.63) is 71.6 Å². The van der Waals surface area contributed by atoms with Crippen molar-refractivity contribution in [2.24, 2.45) is 0 Å². The van der Waals surface area contributed by atoms with Crippen molar-refractivity contribution >= 4 is 57.8 Å².